The molecule has 2 unspecified atom stereocenters. The minimum absolute atomic E-state index is 0.0574. The molecule has 0 aliphatic rings. The molecule has 0 aromatic carbocycles. The number of rotatable bonds is 36. The molecule has 1 N–H and O–H groups in total. The summed E-state index contributed by atoms with van der Waals surface area (Å²) in [6, 6.07) is 0. The fourth-order valence-electron chi connectivity index (χ4n) is 5.00. The molecule has 0 aromatic heterocycles. The Bertz CT molecular complexity index is 1190. The summed E-state index contributed by atoms with van der Waals surface area (Å²) < 4.78 is 33.7. The highest BCUT2D eigenvalue weighted by Crippen LogP contribution is 2.38. The van der Waals surface area contributed by atoms with Crippen LogP contribution in [0.4, 0.5) is 0 Å². The van der Waals surface area contributed by atoms with Crippen LogP contribution < -0.4 is 4.89 Å². The van der Waals surface area contributed by atoms with Gasteiger partial charge in [0.25, 0.3) is 7.82 Å². The highest BCUT2D eigenvalue weighted by atomic mass is 31.2. The summed E-state index contributed by atoms with van der Waals surface area (Å²) in [5.74, 6) is -0.961. The number of nitrogens with zero attached hydrogens (tertiary/aromatic N) is 1. The van der Waals surface area contributed by atoms with Gasteiger partial charge < -0.3 is 33.0 Å². The van der Waals surface area contributed by atoms with E-state index in [1.807, 2.05) is 63.7 Å². The minimum atomic E-state index is -4.66. The van der Waals surface area contributed by atoms with Gasteiger partial charge in [-0.15, -0.1) is 0 Å². The van der Waals surface area contributed by atoms with Gasteiger partial charge in [-0.1, -0.05) is 125 Å². The number of aliphatic hydroxyl groups is 1. The average Bonchev–Trinajstić information content (AvgIpc) is 3.13. The van der Waals surface area contributed by atoms with Gasteiger partial charge in [-0.3, -0.25) is 14.2 Å². The summed E-state index contributed by atoms with van der Waals surface area (Å²) in [4.78, 5) is 37.4. The Morgan fingerprint density at radius 2 is 1.29 bits per heavy atom. The molecular formula is C44H76NO9P. The van der Waals surface area contributed by atoms with Crippen LogP contribution in [0.15, 0.2) is 72.9 Å². The number of phosphoric acid groups is 1. The standard InChI is InChI=1S/C44H76NO9P/c1-6-8-10-12-14-15-16-17-18-19-23-27-31-35-43(47)51-39-42(40-53-55(49,50)52-38-37-45(3,4)5)54-44(48)36-32-28-24-21-20-22-26-30-34-41(46)33-29-25-13-11-9-7-2/h9,11,15-16,21-22,24-26,29-30,34,41-42,46H,6-8,10,12-14,17-20,23,27-28,31-33,35-40H2,1-5H3/b11-9-,16-15-,24-21-,26-22-,29-25-,34-30+/t41?,42-/m1/s1. The normalized spacial score (nSPS) is 15.0. The van der Waals surface area contributed by atoms with Crippen molar-refractivity contribution in [1.82, 2.24) is 0 Å². The van der Waals surface area contributed by atoms with Gasteiger partial charge in [-0.25, -0.2) is 0 Å². The third-order valence-corrected chi connectivity index (χ3v) is 9.25. The minimum Gasteiger partial charge on any atom is -0.756 e. The first-order valence-electron chi connectivity index (χ1n) is 20.8. The summed E-state index contributed by atoms with van der Waals surface area (Å²) in [7, 11) is 1.07. The molecule has 0 aliphatic heterocycles. The van der Waals surface area contributed by atoms with Gasteiger partial charge in [0, 0.05) is 12.8 Å². The van der Waals surface area contributed by atoms with E-state index in [1.54, 1.807) is 6.08 Å². The van der Waals surface area contributed by atoms with E-state index < -0.39 is 38.6 Å². The Balaban J connectivity index is 4.60. The molecule has 0 bridgehead atoms. The lowest BCUT2D eigenvalue weighted by Crippen LogP contribution is -2.37. The molecule has 0 amide bonds. The van der Waals surface area contributed by atoms with Crippen molar-refractivity contribution in [3.8, 4) is 0 Å². The van der Waals surface area contributed by atoms with Crippen LogP contribution in [0.3, 0.4) is 0 Å². The maximum Gasteiger partial charge on any atom is 0.306 e. The largest absolute Gasteiger partial charge is 0.756 e. The Hall–Kier alpha value is -2.59. The second-order valence-corrected chi connectivity index (χ2v) is 16.2. The quantitative estimate of drug-likeness (QED) is 0.0165. The summed E-state index contributed by atoms with van der Waals surface area (Å²) in [5.41, 5.74) is 0. The molecule has 10 nitrogen and oxygen atoms in total. The number of hydrogen-bond donors (Lipinski definition) is 1. The number of unbranched alkanes of at least 4 members (excludes halogenated alkanes) is 10. The highest BCUT2D eigenvalue weighted by molar-refractivity contribution is 7.45. The molecule has 0 rings (SSSR count). The topological polar surface area (TPSA) is 131 Å². The summed E-state index contributed by atoms with van der Waals surface area (Å²) in [5, 5.41) is 10.0. The van der Waals surface area contributed by atoms with Crippen molar-refractivity contribution < 1.29 is 47.2 Å². The molecule has 0 fully saturated rings. The molecule has 3 atom stereocenters. The number of ether oxygens (including phenoxy) is 2. The van der Waals surface area contributed by atoms with Crippen LogP contribution in [0, 0.1) is 0 Å². The van der Waals surface area contributed by atoms with Gasteiger partial charge in [-0.2, -0.15) is 0 Å². The van der Waals surface area contributed by atoms with E-state index in [-0.39, 0.29) is 26.1 Å². The van der Waals surface area contributed by atoms with E-state index in [0.717, 1.165) is 51.4 Å². The molecule has 0 aromatic rings. The predicted molar refractivity (Wildman–Crippen MR) is 223 cm³/mol. The number of likely N-dealkylation sites (N-methyl/N-ethyl adjacent to an activating group) is 1. The summed E-state index contributed by atoms with van der Waals surface area (Å²) >= 11 is 0. The average molecular weight is 794 g/mol. The van der Waals surface area contributed by atoms with Crippen molar-refractivity contribution in [2.75, 3.05) is 47.5 Å². The van der Waals surface area contributed by atoms with Crippen molar-refractivity contribution in [3.05, 3.63) is 72.9 Å². The highest BCUT2D eigenvalue weighted by Gasteiger charge is 2.21. The Labute approximate surface area is 334 Å². The zero-order valence-electron chi connectivity index (χ0n) is 35.0. The number of allylic oxidation sites excluding steroid dienone is 10. The Morgan fingerprint density at radius 1 is 0.691 bits per heavy atom. The molecule has 0 saturated heterocycles. The number of phosphoric ester groups is 1. The molecule has 55 heavy (non-hydrogen) atoms. The number of aliphatic hydroxyl groups excluding tert-OH is 1. The third-order valence-electron chi connectivity index (χ3n) is 8.29. The van der Waals surface area contributed by atoms with Crippen LogP contribution in [0.25, 0.3) is 0 Å². The maximum atomic E-state index is 12.6. The summed E-state index contributed by atoms with van der Waals surface area (Å²) in [6.45, 7) is 3.89. The molecule has 0 spiro atoms. The zero-order valence-corrected chi connectivity index (χ0v) is 35.8. The van der Waals surface area contributed by atoms with Gasteiger partial charge in [0.05, 0.1) is 33.9 Å². The monoisotopic (exact) mass is 794 g/mol. The number of quaternary nitrogens is 1. The second kappa shape index (κ2) is 35.8. The van der Waals surface area contributed by atoms with Crippen molar-refractivity contribution in [3.63, 3.8) is 0 Å². The summed E-state index contributed by atoms with van der Waals surface area (Å²) in [6.07, 6.45) is 39.7. The maximum absolute atomic E-state index is 12.6. The number of esters is 2. The Kier molecular flexibility index (Phi) is 34.1. The zero-order chi connectivity index (χ0) is 40.9. The first-order chi connectivity index (χ1) is 26.4. The molecular weight excluding hydrogens is 717 g/mol. The third kappa shape index (κ3) is 39.4. The smallest absolute Gasteiger partial charge is 0.306 e. The van der Waals surface area contributed by atoms with Crippen molar-refractivity contribution in [2.45, 2.75) is 148 Å². The molecule has 0 saturated carbocycles. The van der Waals surface area contributed by atoms with Gasteiger partial charge in [0.2, 0.25) is 0 Å². The first kappa shape index (κ1) is 52.4. The Morgan fingerprint density at radius 3 is 2.00 bits per heavy atom. The van der Waals surface area contributed by atoms with Crippen LogP contribution in [0.1, 0.15) is 136 Å². The molecule has 0 aliphatic carbocycles. The van der Waals surface area contributed by atoms with E-state index in [4.69, 9.17) is 18.5 Å². The van der Waals surface area contributed by atoms with Crippen LogP contribution in [0.5, 0.6) is 0 Å². The van der Waals surface area contributed by atoms with Crippen molar-refractivity contribution >= 4 is 19.8 Å². The lowest BCUT2D eigenvalue weighted by molar-refractivity contribution is -0.870. The SMILES string of the molecule is CC/C=C\C/C=C\CC(O)/C=C/C=C\C/C=C\CCCC(=O)O[C@H](COC(=O)CCCCCCC/C=C\CCCCCC)COP(=O)([O-])OCC[N+](C)(C)C. The number of carbonyl (C=O) groups is 2. The van der Waals surface area contributed by atoms with Crippen LogP contribution in [-0.2, 0) is 32.7 Å². The van der Waals surface area contributed by atoms with E-state index >= 15 is 0 Å². The lowest BCUT2D eigenvalue weighted by atomic mass is 10.1. The van der Waals surface area contributed by atoms with E-state index in [2.05, 4.69) is 38.2 Å². The molecule has 11 heteroatoms. The number of carbonyl (C=O) groups excluding carboxylic acids is 2. The molecule has 0 heterocycles. The second-order valence-electron chi connectivity index (χ2n) is 14.8. The van der Waals surface area contributed by atoms with Gasteiger partial charge in [0.15, 0.2) is 6.10 Å². The fraction of sp³-hybridized carbons (Fsp3) is 0.682. The van der Waals surface area contributed by atoms with Gasteiger partial charge in [-0.05, 0) is 70.6 Å². The lowest BCUT2D eigenvalue weighted by Gasteiger charge is -2.28. The van der Waals surface area contributed by atoms with E-state index in [9.17, 15) is 24.2 Å². The molecule has 316 valence electrons. The van der Waals surface area contributed by atoms with E-state index in [1.165, 1.54) is 25.7 Å². The van der Waals surface area contributed by atoms with E-state index in [0.29, 0.717) is 43.1 Å². The van der Waals surface area contributed by atoms with Crippen molar-refractivity contribution in [2.24, 2.45) is 0 Å². The first-order valence-corrected chi connectivity index (χ1v) is 22.2. The fourth-order valence-corrected chi connectivity index (χ4v) is 5.73. The number of hydrogen-bond acceptors (Lipinski definition) is 9. The van der Waals surface area contributed by atoms with Gasteiger partial charge >= 0.3 is 11.9 Å². The van der Waals surface area contributed by atoms with Gasteiger partial charge in [0.1, 0.15) is 19.8 Å². The predicted octanol–water partition coefficient (Wildman–Crippen LogP) is 9.80. The van der Waals surface area contributed by atoms with Crippen LogP contribution >= 0.6 is 7.82 Å². The van der Waals surface area contributed by atoms with Crippen molar-refractivity contribution in [1.29, 1.82) is 0 Å². The molecule has 0 radical (unpaired) electrons. The van der Waals surface area contributed by atoms with Crippen LogP contribution in [0.2, 0.25) is 0 Å². The van der Waals surface area contributed by atoms with Crippen LogP contribution in [-0.4, -0.2) is 81.2 Å².